The van der Waals surface area contributed by atoms with Gasteiger partial charge in [-0.3, -0.25) is 15.0 Å². The second-order valence-electron chi connectivity index (χ2n) is 14.0. The first-order valence-electron chi connectivity index (χ1n) is 18.7. The fourth-order valence-electron chi connectivity index (χ4n) is 8.09. The Hall–Kier alpha value is -7.70. The molecular formula is C50H32N6. The van der Waals surface area contributed by atoms with E-state index in [4.69, 9.17) is 9.97 Å². The number of hydrogen-bond acceptors (Lipinski definition) is 4. The van der Waals surface area contributed by atoms with E-state index in [2.05, 4.69) is 153 Å². The monoisotopic (exact) mass is 716 g/mol. The predicted molar refractivity (Wildman–Crippen MR) is 228 cm³/mol. The highest BCUT2D eigenvalue weighted by molar-refractivity contribution is 6.11. The van der Waals surface area contributed by atoms with Crippen molar-refractivity contribution in [2.75, 3.05) is 0 Å². The second-order valence-corrected chi connectivity index (χ2v) is 14.0. The van der Waals surface area contributed by atoms with Gasteiger partial charge >= 0.3 is 0 Å². The van der Waals surface area contributed by atoms with Gasteiger partial charge in [0.1, 0.15) is 0 Å². The number of benzene rings is 5. The highest BCUT2D eigenvalue weighted by Crippen LogP contribution is 2.38. The average Bonchev–Trinajstić information content (AvgIpc) is 3.79. The van der Waals surface area contributed by atoms with E-state index in [-0.39, 0.29) is 0 Å². The molecule has 6 aromatic heterocycles. The Morgan fingerprint density at radius 3 is 1.62 bits per heavy atom. The zero-order valence-corrected chi connectivity index (χ0v) is 30.2. The summed E-state index contributed by atoms with van der Waals surface area (Å²) in [5.41, 5.74) is 15.4. The Morgan fingerprint density at radius 1 is 0.304 bits per heavy atom. The smallest absolute Gasteiger partial charge is 0.0963 e. The SMILES string of the molecule is c1ccc(-n2c3ccccc3c3ccc(-c4ccc5c(c4)c4ncccc4n5-c4ccc(-c5cc(-c6ccccn6)nc(-c6ccccn6)c5)cc4)cc32)cc1. The zero-order valence-electron chi connectivity index (χ0n) is 30.2. The van der Waals surface area contributed by atoms with Gasteiger partial charge < -0.3 is 9.13 Å². The van der Waals surface area contributed by atoms with Crippen LogP contribution in [0.5, 0.6) is 0 Å². The molecule has 0 fully saturated rings. The van der Waals surface area contributed by atoms with Crippen LogP contribution in [0.2, 0.25) is 0 Å². The molecule has 5 aromatic carbocycles. The Morgan fingerprint density at radius 2 is 0.875 bits per heavy atom. The molecule has 11 rings (SSSR count). The first kappa shape index (κ1) is 31.8. The first-order valence-corrected chi connectivity index (χ1v) is 18.7. The van der Waals surface area contributed by atoms with Crippen molar-refractivity contribution in [2.45, 2.75) is 0 Å². The Balaban J connectivity index is 1.02. The molecule has 0 unspecified atom stereocenters. The van der Waals surface area contributed by atoms with Gasteiger partial charge in [-0.2, -0.15) is 0 Å². The largest absolute Gasteiger partial charge is 0.309 e. The third-order valence-electron chi connectivity index (χ3n) is 10.7. The molecule has 0 aliphatic rings. The quantitative estimate of drug-likeness (QED) is 0.172. The van der Waals surface area contributed by atoms with Crippen LogP contribution in [0.4, 0.5) is 0 Å². The van der Waals surface area contributed by atoms with Crippen LogP contribution in [0.1, 0.15) is 0 Å². The third-order valence-corrected chi connectivity index (χ3v) is 10.7. The number of pyridine rings is 4. The van der Waals surface area contributed by atoms with Crippen molar-refractivity contribution in [3.63, 3.8) is 0 Å². The van der Waals surface area contributed by atoms with E-state index in [1.807, 2.05) is 48.7 Å². The van der Waals surface area contributed by atoms with Gasteiger partial charge in [0, 0.05) is 46.1 Å². The van der Waals surface area contributed by atoms with Crippen LogP contribution in [0.3, 0.4) is 0 Å². The van der Waals surface area contributed by atoms with Gasteiger partial charge in [0.25, 0.3) is 0 Å². The lowest BCUT2D eigenvalue weighted by molar-refractivity contribution is 1.17. The lowest BCUT2D eigenvalue weighted by atomic mass is 10.0. The molecule has 6 heteroatoms. The molecule has 262 valence electrons. The fraction of sp³-hybridized carbons (Fsp3) is 0. The second kappa shape index (κ2) is 13.0. The van der Waals surface area contributed by atoms with E-state index in [0.717, 1.165) is 78.3 Å². The number of hydrogen-bond donors (Lipinski definition) is 0. The molecule has 0 amide bonds. The van der Waals surface area contributed by atoms with E-state index >= 15 is 0 Å². The third kappa shape index (κ3) is 5.27. The summed E-state index contributed by atoms with van der Waals surface area (Å²) in [5.74, 6) is 0. The molecule has 0 aliphatic carbocycles. The van der Waals surface area contributed by atoms with E-state index < -0.39 is 0 Å². The van der Waals surface area contributed by atoms with Crippen LogP contribution in [0.15, 0.2) is 195 Å². The number of rotatable bonds is 6. The Labute approximate surface area is 322 Å². The maximum atomic E-state index is 4.96. The molecule has 6 heterocycles. The van der Waals surface area contributed by atoms with Crippen molar-refractivity contribution in [1.82, 2.24) is 29.1 Å². The molecular weight excluding hydrogens is 685 g/mol. The number of para-hydroxylation sites is 2. The fourth-order valence-corrected chi connectivity index (χ4v) is 8.09. The Bertz CT molecular complexity index is 3160. The van der Waals surface area contributed by atoms with Crippen LogP contribution < -0.4 is 0 Å². The standard InChI is InChI=1S/C50H32N6/c1-2-11-37(12-3-1)56-46-16-5-4-13-39(46)40-24-20-35(32-49(40)56)34-21-25-47-41(29-34)50-48(17-10-28-53-50)55(47)38-22-18-33(19-23-38)36-30-44(42-14-6-8-26-51-42)54-45(31-36)43-15-7-9-27-52-43/h1-32H. The number of aromatic nitrogens is 6. The van der Waals surface area contributed by atoms with Gasteiger partial charge in [0.15, 0.2) is 0 Å². The van der Waals surface area contributed by atoms with Gasteiger partial charge in [-0.15, -0.1) is 0 Å². The molecule has 0 radical (unpaired) electrons. The lowest BCUT2D eigenvalue weighted by Gasteiger charge is -2.12. The maximum absolute atomic E-state index is 4.96. The van der Waals surface area contributed by atoms with E-state index in [0.29, 0.717) is 0 Å². The molecule has 11 aromatic rings. The minimum Gasteiger partial charge on any atom is -0.309 e. The van der Waals surface area contributed by atoms with Gasteiger partial charge in [0.2, 0.25) is 0 Å². The summed E-state index contributed by atoms with van der Waals surface area (Å²) in [6.07, 6.45) is 5.48. The van der Waals surface area contributed by atoms with Crippen LogP contribution in [0, 0.1) is 0 Å². The van der Waals surface area contributed by atoms with Crippen molar-refractivity contribution in [1.29, 1.82) is 0 Å². The highest BCUT2D eigenvalue weighted by Gasteiger charge is 2.17. The summed E-state index contributed by atoms with van der Waals surface area (Å²) < 4.78 is 4.68. The van der Waals surface area contributed by atoms with E-state index in [9.17, 15) is 0 Å². The van der Waals surface area contributed by atoms with Gasteiger partial charge in [-0.25, -0.2) is 4.98 Å². The molecule has 6 nitrogen and oxygen atoms in total. The summed E-state index contributed by atoms with van der Waals surface area (Å²) >= 11 is 0. The van der Waals surface area contributed by atoms with E-state index in [1.54, 1.807) is 12.4 Å². The summed E-state index contributed by atoms with van der Waals surface area (Å²) in [6, 6.07) is 61.8. The minimum atomic E-state index is 0.804. The van der Waals surface area contributed by atoms with Gasteiger partial charge in [0.05, 0.1) is 50.4 Å². The lowest BCUT2D eigenvalue weighted by Crippen LogP contribution is -1.95. The molecule has 0 bridgehead atoms. The summed E-state index contributed by atoms with van der Waals surface area (Å²) in [4.78, 5) is 19.1. The summed E-state index contributed by atoms with van der Waals surface area (Å²) in [5, 5.41) is 3.60. The Kier molecular flexibility index (Phi) is 7.38. The highest BCUT2D eigenvalue weighted by atomic mass is 15.0. The first-order chi connectivity index (χ1) is 27.8. The van der Waals surface area contributed by atoms with Crippen molar-refractivity contribution >= 4 is 43.7 Å². The van der Waals surface area contributed by atoms with Gasteiger partial charge in [-0.05, 0) is 119 Å². The molecule has 0 spiro atoms. The van der Waals surface area contributed by atoms with Crippen LogP contribution >= 0.6 is 0 Å². The molecule has 0 aliphatic heterocycles. The topological polar surface area (TPSA) is 61.4 Å². The molecule has 0 saturated carbocycles. The zero-order chi connectivity index (χ0) is 37.0. The molecule has 0 atom stereocenters. The van der Waals surface area contributed by atoms with Crippen LogP contribution in [-0.2, 0) is 0 Å². The maximum Gasteiger partial charge on any atom is 0.0963 e. The van der Waals surface area contributed by atoms with Crippen molar-refractivity contribution < 1.29 is 0 Å². The predicted octanol–water partition coefficient (Wildman–Crippen LogP) is 12.1. The molecule has 0 saturated heterocycles. The number of fused-ring (bicyclic) bond motifs is 6. The van der Waals surface area contributed by atoms with E-state index in [1.165, 1.54) is 21.8 Å². The average molecular weight is 717 g/mol. The van der Waals surface area contributed by atoms with Crippen molar-refractivity contribution in [2.24, 2.45) is 0 Å². The molecule has 0 N–H and O–H groups in total. The van der Waals surface area contributed by atoms with Crippen molar-refractivity contribution in [3.05, 3.63) is 195 Å². The van der Waals surface area contributed by atoms with Crippen molar-refractivity contribution in [3.8, 4) is 56.4 Å². The normalized spacial score (nSPS) is 11.6. The number of nitrogens with zero attached hydrogens (tertiary/aromatic N) is 6. The minimum absolute atomic E-state index is 0.804. The van der Waals surface area contributed by atoms with Gasteiger partial charge in [-0.1, -0.05) is 78.9 Å². The molecule has 56 heavy (non-hydrogen) atoms. The summed E-state index contributed by atoms with van der Waals surface area (Å²) in [6.45, 7) is 0. The summed E-state index contributed by atoms with van der Waals surface area (Å²) in [7, 11) is 0. The van der Waals surface area contributed by atoms with Crippen LogP contribution in [-0.4, -0.2) is 29.1 Å². The van der Waals surface area contributed by atoms with Crippen LogP contribution in [0.25, 0.3) is 100 Å².